The molecule has 1 rings (SSSR count). The Labute approximate surface area is 66.7 Å². The van der Waals surface area contributed by atoms with Gasteiger partial charge in [-0.05, 0) is 19.1 Å². The van der Waals surface area contributed by atoms with Gasteiger partial charge < -0.3 is 9.99 Å². The zero-order valence-corrected chi connectivity index (χ0v) is 6.91. The summed E-state index contributed by atoms with van der Waals surface area (Å²) >= 11 is 0. The molecular formula is C8H13N3. The van der Waals surface area contributed by atoms with Crippen molar-refractivity contribution < 1.29 is 0 Å². The van der Waals surface area contributed by atoms with Gasteiger partial charge in [0.1, 0.15) is 0 Å². The quantitative estimate of drug-likeness (QED) is 0.512. The van der Waals surface area contributed by atoms with Gasteiger partial charge in [-0.2, -0.15) is 5.10 Å². The highest BCUT2D eigenvalue weighted by atomic mass is 15.4. The fraction of sp³-hybridized carbons (Fsp3) is 0.375. The van der Waals surface area contributed by atoms with Crippen molar-refractivity contribution in [2.24, 2.45) is 5.10 Å². The van der Waals surface area contributed by atoms with E-state index in [1.165, 1.54) is 0 Å². The van der Waals surface area contributed by atoms with E-state index in [9.17, 15) is 0 Å². The van der Waals surface area contributed by atoms with Gasteiger partial charge in [-0.3, -0.25) is 0 Å². The highest BCUT2D eigenvalue weighted by molar-refractivity contribution is 5.76. The topological polar surface area (TPSA) is 31.4 Å². The number of hydrazone groups is 1. The second-order valence-corrected chi connectivity index (χ2v) is 2.34. The lowest BCUT2D eigenvalue weighted by Crippen LogP contribution is -2.09. The third kappa shape index (κ3) is 2.45. The molecule has 3 nitrogen and oxygen atoms in total. The van der Waals surface area contributed by atoms with Crippen molar-refractivity contribution in [1.29, 1.82) is 0 Å². The molecule has 0 bridgehead atoms. The summed E-state index contributed by atoms with van der Waals surface area (Å²) in [7, 11) is 1.94. The van der Waals surface area contributed by atoms with E-state index >= 15 is 0 Å². The van der Waals surface area contributed by atoms with Gasteiger partial charge in [0.15, 0.2) is 0 Å². The number of nitrogens with zero attached hydrogens (tertiary/aromatic N) is 2. The summed E-state index contributed by atoms with van der Waals surface area (Å²) in [6, 6.07) is 3.93. The Hall–Kier alpha value is -1.25. The highest BCUT2D eigenvalue weighted by Gasteiger charge is 1.86. The molecule has 1 aromatic heterocycles. The van der Waals surface area contributed by atoms with Crippen molar-refractivity contribution >= 4 is 6.21 Å². The van der Waals surface area contributed by atoms with Crippen LogP contribution in [0.3, 0.4) is 0 Å². The normalized spacial score (nSPS) is 10.7. The van der Waals surface area contributed by atoms with Crippen LogP contribution in [0.1, 0.15) is 12.6 Å². The molecule has 1 aromatic rings. The minimum atomic E-state index is 0.928. The molecule has 0 aromatic carbocycles. The zero-order valence-electron chi connectivity index (χ0n) is 6.91. The summed E-state index contributed by atoms with van der Waals surface area (Å²) in [5.41, 5.74) is 1.03. The first-order chi connectivity index (χ1) is 5.33. The van der Waals surface area contributed by atoms with Crippen molar-refractivity contribution in [3.63, 3.8) is 0 Å². The second-order valence-electron chi connectivity index (χ2n) is 2.34. The first kappa shape index (κ1) is 7.85. The molecule has 0 radical (unpaired) electrons. The van der Waals surface area contributed by atoms with Crippen LogP contribution in [0.5, 0.6) is 0 Å². The maximum absolute atomic E-state index is 4.16. The molecule has 0 saturated heterocycles. The summed E-state index contributed by atoms with van der Waals surface area (Å²) in [5.74, 6) is 0. The lowest BCUT2D eigenvalue weighted by atomic mass is 10.5. The van der Waals surface area contributed by atoms with E-state index in [2.05, 4.69) is 17.0 Å². The molecule has 3 heteroatoms. The van der Waals surface area contributed by atoms with Crippen LogP contribution in [0.2, 0.25) is 0 Å². The predicted octanol–water partition coefficient (Wildman–Crippen LogP) is 1.30. The Bertz CT molecular complexity index is 213. The molecule has 0 atom stereocenters. The molecule has 0 saturated carbocycles. The number of nitrogens with one attached hydrogen (secondary N) is 1. The minimum absolute atomic E-state index is 0.928. The highest BCUT2D eigenvalue weighted by Crippen LogP contribution is 1.90. The molecule has 60 valence electrons. The molecule has 1 N–H and O–H groups in total. The first-order valence-electron chi connectivity index (χ1n) is 3.71. The molecule has 0 aliphatic rings. The lowest BCUT2D eigenvalue weighted by Gasteiger charge is -2.06. The monoisotopic (exact) mass is 151 g/mol. The zero-order chi connectivity index (χ0) is 8.10. The maximum atomic E-state index is 4.16. The predicted molar refractivity (Wildman–Crippen MR) is 46.7 cm³/mol. The maximum Gasteiger partial charge on any atom is 0.0705 e. The second kappa shape index (κ2) is 3.81. The van der Waals surface area contributed by atoms with E-state index in [4.69, 9.17) is 0 Å². The number of hydrogen-bond donors (Lipinski definition) is 1. The molecule has 0 amide bonds. The molecule has 0 aliphatic heterocycles. The molecule has 0 aliphatic carbocycles. The number of H-pyrrole nitrogens is 1. The summed E-state index contributed by atoms with van der Waals surface area (Å²) in [6.45, 7) is 2.99. The van der Waals surface area contributed by atoms with E-state index in [0.717, 1.165) is 12.2 Å². The van der Waals surface area contributed by atoms with Gasteiger partial charge in [0.05, 0.1) is 11.9 Å². The molecule has 0 fully saturated rings. The summed E-state index contributed by atoms with van der Waals surface area (Å²) < 4.78 is 0. The Morgan fingerprint density at radius 3 is 3.09 bits per heavy atom. The third-order valence-electron chi connectivity index (χ3n) is 1.47. The molecular weight excluding hydrogens is 138 g/mol. The van der Waals surface area contributed by atoms with E-state index in [1.54, 1.807) is 0 Å². The lowest BCUT2D eigenvalue weighted by molar-refractivity contribution is 0.377. The van der Waals surface area contributed by atoms with Crippen LogP contribution in [0, 0.1) is 0 Å². The number of aromatic nitrogens is 1. The average Bonchev–Trinajstić information content (AvgIpc) is 2.52. The Balaban J connectivity index is 2.48. The van der Waals surface area contributed by atoms with Crippen LogP contribution in [-0.4, -0.2) is 29.8 Å². The summed E-state index contributed by atoms with van der Waals surface area (Å²) in [5, 5.41) is 6.04. The first-order valence-corrected chi connectivity index (χ1v) is 3.71. The molecule has 0 unspecified atom stereocenters. The van der Waals surface area contributed by atoms with Gasteiger partial charge in [-0.25, -0.2) is 0 Å². The van der Waals surface area contributed by atoms with E-state index in [0.29, 0.717) is 0 Å². The molecule has 1 heterocycles. The van der Waals surface area contributed by atoms with Crippen LogP contribution >= 0.6 is 0 Å². The third-order valence-corrected chi connectivity index (χ3v) is 1.47. The van der Waals surface area contributed by atoms with Gasteiger partial charge in [0.2, 0.25) is 0 Å². The van der Waals surface area contributed by atoms with Crippen molar-refractivity contribution in [3.8, 4) is 0 Å². The number of rotatable bonds is 3. The fourth-order valence-electron chi connectivity index (χ4n) is 0.667. The van der Waals surface area contributed by atoms with Gasteiger partial charge in [0.25, 0.3) is 0 Å². The minimum Gasteiger partial charge on any atom is -0.360 e. The number of hydrogen-bond acceptors (Lipinski definition) is 2. The van der Waals surface area contributed by atoms with E-state index in [-0.39, 0.29) is 0 Å². The Kier molecular flexibility index (Phi) is 2.72. The smallest absolute Gasteiger partial charge is 0.0705 e. The van der Waals surface area contributed by atoms with Gasteiger partial charge in [-0.1, -0.05) is 0 Å². The SMILES string of the molecule is CCN(C)/N=C/c1ccc[nH]1. The fourth-order valence-corrected chi connectivity index (χ4v) is 0.667. The van der Waals surface area contributed by atoms with Crippen LogP contribution in [0.15, 0.2) is 23.4 Å². The van der Waals surface area contributed by atoms with Crippen molar-refractivity contribution in [2.75, 3.05) is 13.6 Å². The summed E-state index contributed by atoms with van der Waals surface area (Å²) in [6.07, 6.45) is 3.69. The number of aromatic amines is 1. The Morgan fingerprint density at radius 2 is 2.55 bits per heavy atom. The summed E-state index contributed by atoms with van der Waals surface area (Å²) in [4.78, 5) is 3.04. The van der Waals surface area contributed by atoms with E-state index < -0.39 is 0 Å². The van der Waals surface area contributed by atoms with Crippen molar-refractivity contribution in [1.82, 2.24) is 9.99 Å². The van der Waals surface area contributed by atoms with Gasteiger partial charge in [0, 0.05) is 19.8 Å². The van der Waals surface area contributed by atoms with E-state index in [1.807, 2.05) is 36.6 Å². The largest absolute Gasteiger partial charge is 0.360 e. The standard InChI is InChI=1S/C8H13N3/c1-3-11(2)10-7-8-5-4-6-9-8/h4-7,9H,3H2,1-2H3/b10-7+. The van der Waals surface area contributed by atoms with Crippen LogP contribution in [0.4, 0.5) is 0 Å². The molecule has 0 spiro atoms. The van der Waals surface area contributed by atoms with Gasteiger partial charge in [-0.15, -0.1) is 0 Å². The van der Waals surface area contributed by atoms with Crippen LogP contribution < -0.4 is 0 Å². The molecule has 11 heavy (non-hydrogen) atoms. The average molecular weight is 151 g/mol. The Morgan fingerprint density at radius 1 is 1.73 bits per heavy atom. The van der Waals surface area contributed by atoms with Crippen LogP contribution in [0.25, 0.3) is 0 Å². The van der Waals surface area contributed by atoms with Gasteiger partial charge >= 0.3 is 0 Å². The van der Waals surface area contributed by atoms with Crippen LogP contribution in [-0.2, 0) is 0 Å². The van der Waals surface area contributed by atoms with Crippen molar-refractivity contribution in [2.45, 2.75) is 6.92 Å². The van der Waals surface area contributed by atoms with Crippen molar-refractivity contribution in [3.05, 3.63) is 24.0 Å².